The van der Waals surface area contributed by atoms with Crippen molar-refractivity contribution in [1.29, 1.82) is 0 Å². The Kier molecular flexibility index (Phi) is 2.33. The zero-order chi connectivity index (χ0) is 12.0. The van der Waals surface area contributed by atoms with E-state index in [1.54, 1.807) is 0 Å². The van der Waals surface area contributed by atoms with E-state index in [2.05, 4.69) is 6.92 Å². The van der Waals surface area contributed by atoms with E-state index in [0.29, 0.717) is 0 Å². The molecule has 1 saturated carbocycles. The molecule has 2 nitrogen and oxygen atoms in total. The van der Waals surface area contributed by atoms with Crippen LogP contribution in [0.5, 0.6) is 0 Å². The molecule has 0 spiro atoms. The van der Waals surface area contributed by atoms with Crippen molar-refractivity contribution in [3.63, 3.8) is 0 Å². The number of hydrogen-bond acceptors (Lipinski definition) is 1. The van der Waals surface area contributed by atoms with E-state index in [1.807, 2.05) is 38.1 Å². The number of rotatable bonds is 3. The first-order chi connectivity index (χ1) is 7.44. The lowest BCUT2D eigenvalue weighted by atomic mass is 9.87. The number of carboxylic acid groups (broad SMARTS) is 1. The Balaban J connectivity index is 2.39. The van der Waals surface area contributed by atoms with Gasteiger partial charge in [0.25, 0.3) is 0 Å². The maximum Gasteiger partial charge on any atom is 0.314 e. The summed E-state index contributed by atoms with van der Waals surface area (Å²) in [6.07, 6.45) is 1.73. The predicted octanol–water partition coefficient (Wildman–Crippen LogP) is 3.00. The fourth-order valence-corrected chi connectivity index (χ4v) is 2.63. The summed E-state index contributed by atoms with van der Waals surface area (Å²) in [6.45, 7) is 6.15. The summed E-state index contributed by atoms with van der Waals surface area (Å²) in [5.41, 5.74) is 1.43. The number of benzene rings is 1. The summed E-state index contributed by atoms with van der Waals surface area (Å²) in [4.78, 5) is 11.5. The highest BCUT2D eigenvalue weighted by Gasteiger charge is 2.67. The predicted molar refractivity (Wildman–Crippen MR) is 63.5 cm³/mol. The number of carboxylic acids is 1. The highest BCUT2D eigenvalue weighted by molar-refractivity contribution is 5.87. The van der Waals surface area contributed by atoms with Crippen LogP contribution in [0.2, 0.25) is 0 Å². The van der Waals surface area contributed by atoms with Gasteiger partial charge in [0.15, 0.2) is 0 Å². The van der Waals surface area contributed by atoms with Crippen molar-refractivity contribution in [3.8, 4) is 0 Å². The van der Waals surface area contributed by atoms with E-state index in [9.17, 15) is 9.90 Å². The summed E-state index contributed by atoms with van der Waals surface area (Å²) in [5, 5.41) is 9.42. The molecule has 2 heteroatoms. The smallest absolute Gasteiger partial charge is 0.314 e. The van der Waals surface area contributed by atoms with Gasteiger partial charge in [-0.15, -0.1) is 0 Å². The van der Waals surface area contributed by atoms with Crippen LogP contribution in [0.25, 0.3) is 0 Å². The Morgan fingerprint density at radius 1 is 1.31 bits per heavy atom. The molecule has 0 aliphatic heterocycles. The minimum Gasteiger partial charge on any atom is -0.481 e. The van der Waals surface area contributed by atoms with Crippen LogP contribution in [0.15, 0.2) is 24.3 Å². The summed E-state index contributed by atoms with van der Waals surface area (Å²) < 4.78 is 0. The molecule has 0 amide bonds. The molecule has 16 heavy (non-hydrogen) atoms. The third-order valence-corrected chi connectivity index (χ3v) is 3.96. The second-order valence-electron chi connectivity index (χ2n) is 5.32. The number of carbonyl (C=O) groups is 1. The maximum atomic E-state index is 11.5. The van der Waals surface area contributed by atoms with Crippen LogP contribution in [0.1, 0.15) is 38.3 Å². The number of aryl methyl sites for hydroxylation is 1. The first kappa shape index (κ1) is 11.2. The molecule has 1 aliphatic carbocycles. The van der Waals surface area contributed by atoms with Crippen molar-refractivity contribution in [2.24, 2.45) is 5.41 Å². The molecule has 1 aromatic rings. The van der Waals surface area contributed by atoms with Gasteiger partial charge in [-0.05, 0) is 29.4 Å². The molecule has 0 saturated heterocycles. The second-order valence-corrected chi connectivity index (χ2v) is 5.32. The fourth-order valence-electron chi connectivity index (χ4n) is 2.63. The van der Waals surface area contributed by atoms with E-state index in [0.717, 1.165) is 18.4 Å². The Morgan fingerprint density at radius 3 is 2.12 bits per heavy atom. The molecular formula is C14H18O2. The van der Waals surface area contributed by atoms with Gasteiger partial charge in [-0.2, -0.15) is 0 Å². The van der Waals surface area contributed by atoms with Crippen LogP contribution in [0, 0.1) is 5.41 Å². The van der Waals surface area contributed by atoms with E-state index < -0.39 is 11.4 Å². The van der Waals surface area contributed by atoms with Gasteiger partial charge in [0.05, 0.1) is 5.41 Å². The normalized spacial score (nSPS) is 26.4. The highest BCUT2D eigenvalue weighted by Crippen LogP contribution is 2.64. The number of aliphatic carboxylic acids is 1. The lowest BCUT2D eigenvalue weighted by Crippen LogP contribution is -2.25. The molecule has 1 N–H and O–H groups in total. The van der Waals surface area contributed by atoms with Gasteiger partial charge >= 0.3 is 5.97 Å². The van der Waals surface area contributed by atoms with E-state index in [1.165, 1.54) is 5.56 Å². The third-order valence-electron chi connectivity index (χ3n) is 3.96. The molecule has 1 unspecified atom stereocenters. The van der Waals surface area contributed by atoms with Crippen LogP contribution in [0.4, 0.5) is 0 Å². The van der Waals surface area contributed by atoms with Gasteiger partial charge in [-0.1, -0.05) is 45.0 Å². The molecule has 1 atom stereocenters. The van der Waals surface area contributed by atoms with E-state index in [4.69, 9.17) is 0 Å². The Bertz CT molecular complexity index is 417. The van der Waals surface area contributed by atoms with Crippen molar-refractivity contribution in [1.82, 2.24) is 0 Å². The molecule has 0 heterocycles. The lowest BCUT2D eigenvalue weighted by Gasteiger charge is -2.16. The number of hydrogen-bond donors (Lipinski definition) is 1. The van der Waals surface area contributed by atoms with Crippen LogP contribution in [0.3, 0.4) is 0 Å². The molecule has 0 aromatic heterocycles. The minimum atomic E-state index is -0.693. The highest BCUT2D eigenvalue weighted by atomic mass is 16.4. The molecule has 86 valence electrons. The first-order valence-corrected chi connectivity index (χ1v) is 5.77. The molecule has 1 fully saturated rings. The Morgan fingerprint density at radius 2 is 1.81 bits per heavy atom. The molecular weight excluding hydrogens is 200 g/mol. The zero-order valence-electron chi connectivity index (χ0n) is 10.1. The maximum absolute atomic E-state index is 11.5. The summed E-state index contributed by atoms with van der Waals surface area (Å²) in [7, 11) is 0. The van der Waals surface area contributed by atoms with Gasteiger partial charge in [0.1, 0.15) is 0 Å². The topological polar surface area (TPSA) is 37.3 Å². The fraction of sp³-hybridized carbons (Fsp3) is 0.500. The second kappa shape index (κ2) is 3.34. The van der Waals surface area contributed by atoms with Gasteiger partial charge in [0.2, 0.25) is 0 Å². The summed E-state index contributed by atoms with van der Waals surface area (Å²) in [5.74, 6) is -0.693. The zero-order valence-corrected chi connectivity index (χ0v) is 10.1. The van der Waals surface area contributed by atoms with Crippen LogP contribution in [-0.2, 0) is 16.6 Å². The average Bonchev–Trinajstić information content (AvgIpc) is 2.84. The molecule has 1 aromatic carbocycles. The average molecular weight is 218 g/mol. The van der Waals surface area contributed by atoms with Gasteiger partial charge in [0, 0.05) is 0 Å². The lowest BCUT2D eigenvalue weighted by molar-refractivity contribution is -0.141. The van der Waals surface area contributed by atoms with Gasteiger partial charge in [-0.3, -0.25) is 4.79 Å². The standard InChI is InChI=1S/C14H18O2/c1-4-10-5-7-11(8-6-10)14(12(15)16)9-13(14,2)3/h5-8H,4,9H2,1-3H3,(H,15,16). The Labute approximate surface area is 96.3 Å². The molecule has 0 radical (unpaired) electrons. The molecule has 1 aliphatic rings. The van der Waals surface area contributed by atoms with Crippen LogP contribution in [-0.4, -0.2) is 11.1 Å². The van der Waals surface area contributed by atoms with Crippen molar-refractivity contribution in [2.75, 3.05) is 0 Å². The Hall–Kier alpha value is -1.31. The summed E-state index contributed by atoms with van der Waals surface area (Å²) in [6, 6.07) is 8.02. The first-order valence-electron chi connectivity index (χ1n) is 5.77. The van der Waals surface area contributed by atoms with E-state index >= 15 is 0 Å². The third kappa shape index (κ3) is 1.36. The van der Waals surface area contributed by atoms with E-state index in [-0.39, 0.29) is 5.41 Å². The minimum absolute atomic E-state index is 0.118. The molecule has 2 rings (SSSR count). The van der Waals surface area contributed by atoms with Crippen molar-refractivity contribution in [3.05, 3.63) is 35.4 Å². The molecule has 0 bridgehead atoms. The monoisotopic (exact) mass is 218 g/mol. The summed E-state index contributed by atoms with van der Waals surface area (Å²) >= 11 is 0. The van der Waals surface area contributed by atoms with Crippen LogP contribution < -0.4 is 0 Å². The quantitative estimate of drug-likeness (QED) is 0.846. The van der Waals surface area contributed by atoms with Crippen molar-refractivity contribution >= 4 is 5.97 Å². The SMILES string of the molecule is CCc1ccc(C2(C(=O)O)CC2(C)C)cc1. The van der Waals surface area contributed by atoms with Gasteiger partial charge < -0.3 is 5.11 Å². The van der Waals surface area contributed by atoms with Gasteiger partial charge in [-0.25, -0.2) is 0 Å². The van der Waals surface area contributed by atoms with Crippen molar-refractivity contribution < 1.29 is 9.90 Å². The van der Waals surface area contributed by atoms with Crippen molar-refractivity contribution in [2.45, 2.75) is 39.0 Å². The van der Waals surface area contributed by atoms with Crippen LogP contribution >= 0.6 is 0 Å². The largest absolute Gasteiger partial charge is 0.481 e.